The first kappa shape index (κ1) is 17.1. The summed E-state index contributed by atoms with van der Waals surface area (Å²) in [4.78, 5) is 32.3. The quantitative estimate of drug-likeness (QED) is 0.319. The standard InChI is InChI=1S/C3H7Cl3O8P2/c4-1(2(5)6)3(13-15(7,8)9)14-16(10,11)12/h1-3H,(H2,7,8,9)(H2,10,11,12). The van der Waals surface area contributed by atoms with Gasteiger partial charge in [0.25, 0.3) is 0 Å². The monoisotopic (exact) mass is 338 g/mol. The number of rotatable bonds is 6. The van der Waals surface area contributed by atoms with Crippen LogP contribution in [0, 0.1) is 0 Å². The van der Waals surface area contributed by atoms with E-state index in [1.807, 2.05) is 0 Å². The number of halogens is 3. The van der Waals surface area contributed by atoms with Crippen LogP contribution in [0.5, 0.6) is 0 Å². The summed E-state index contributed by atoms with van der Waals surface area (Å²) in [6.07, 6.45) is -2.16. The third kappa shape index (κ3) is 8.22. The van der Waals surface area contributed by atoms with E-state index in [9.17, 15) is 9.13 Å². The molecule has 0 aromatic carbocycles. The Hall–Kier alpha value is 1.09. The van der Waals surface area contributed by atoms with E-state index in [1.165, 1.54) is 0 Å². The van der Waals surface area contributed by atoms with Gasteiger partial charge < -0.3 is 19.6 Å². The van der Waals surface area contributed by atoms with Gasteiger partial charge >= 0.3 is 15.6 Å². The van der Waals surface area contributed by atoms with Crippen molar-refractivity contribution in [2.24, 2.45) is 0 Å². The molecule has 0 spiro atoms. The van der Waals surface area contributed by atoms with Crippen molar-refractivity contribution < 1.29 is 37.8 Å². The summed E-state index contributed by atoms with van der Waals surface area (Å²) < 4.78 is 28.7. The molecule has 0 rings (SSSR count). The smallest absolute Gasteiger partial charge is 0.303 e. The summed E-state index contributed by atoms with van der Waals surface area (Å²) >= 11 is 15.9. The number of hydrogen-bond acceptors (Lipinski definition) is 4. The average molecular weight is 339 g/mol. The first-order valence-corrected chi connectivity index (χ1v) is 7.69. The molecule has 0 aliphatic carbocycles. The van der Waals surface area contributed by atoms with Gasteiger partial charge in [-0.2, -0.15) is 0 Å². The number of phosphoric ester groups is 2. The molecule has 98 valence electrons. The third-order valence-corrected chi connectivity index (χ3v) is 3.21. The van der Waals surface area contributed by atoms with Gasteiger partial charge in [0.1, 0.15) is 10.2 Å². The Morgan fingerprint density at radius 3 is 1.38 bits per heavy atom. The Morgan fingerprint density at radius 1 is 0.875 bits per heavy atom. The highest BCUT2D eigenvalue weighted by atomic mass is 35.5. The maximum absolute atomic E-state index is 10.4. The fraction of sp³-hybridized carbons (Fsp3) is 1.00. The molecule has 4 N–H and O–H groups in total. The van der Waals surface area contributed by atoms with E-state index in [2.05, 4.69) is 9.05 Å². The van der Waals surface area contributed by atoms with Crippen LogP contribution in [0.25, 0.3) is 0 Å². The van der Waals surface area contributed by atoms with E-state index >= 15 is 0 Å². The van der Waals surface area contributed by atoms with Crippen LogP contribution >= 0.6 is 50.4 Å². The third-order valence-electron chi connectivity index (χ3n) is 0.983. The zero-order chi connectivity index (χ0) is 13.1. The molecule has 0 saturated heterocycles. The minimum Gasteiger partial charge on any atom is -0.303 e. The fourth-order valence-corrected chi connectivity index (χ4v) is 1.97. The first-order chi connectivity index (χ1) is 6.92. The van der Waals surface area contributed by atoms with Gasteiger partial charge in [0.2, 0.25) is 0 Å². The van der Waals surface area contributed by atoms with Crippen molar-refractivity contribution in [3.05, 3.63) is 0 Å². The molecule has 16 heavy (non-hydrogen) atoms. The van der Waals surface area contributed by atoms with Crippen molar-refractivity contribution in [2.75, 3.05) is 0 Å². The van der Waals surface area contributed by atoms with Crippen LogP contribution in [0.15, 0.2) is 0 Å². The molecule has 0 radical (unpaired) electrons. The molecule has 0 heterocycles. The topological polar surface area (TPSA) is 134 Å². The highest BCUT2D eigenvalue weighted by Crippen LogP contribution is 2.46. The first-order valence-electron chi connectivity index (χ1n) is 3.32. The fourth-order valence-electron chi connectivity index (χ4n) is 0.525. The van der Waals surface area contributed by atoms with Gasteiger partial charge in [-0.15, -0.1) is 34.8 Å². The molecule has 1 unspecified atom stereocenters. The Labute approximate surface area is 105 Å². The SMILES string of the molecule is O=P(O)(O)OC(OP(=O)(O)O)C(Cl)C(Cl)Cl. The summed E-state index contributed by atoms with van der Waals surface area (Å²) in [6.45, 7) is 0. The molecule has 0 amide bonds. The molecule has 13 heteroatoms. The van der Waals surface area contributed by atoms with Gasteiger partial charge in [0.15, 0.2) is 6.29 Å². The van der Waals surface area contributed by atoms with Crippen molar-refractivity contribution in [3.8, 4) is 0 Å². The van der Waals surface area contributed by atoms with Crippen molar-refractivity contribution >= 4 is 50.4 Å². The lowest BCUT2D eigenvalue weighted by Crippen LogP contribution is -2.30. The maximum atomic E-state index is 10.4. The Kier molecular flexibility index (Phi) is 6.74. The Morgan fingerprint density at radius 2 is 1.19 bits per heavy atom. The maximum Gasteiger partial charge on any atom is 0.471 e. The molecular weight excluding hydrogens is 332 g/mol. The van der Waals surface area contributed by atoms with Crippen LogP contribution in [0.3, 0.4) is 0 Å². The van der Waals surface area contributed by atoms with E-state index in [-0.39, 0.29) is 0 Å². The van der Waals surface area contributed by atoms with Crippen LogP contribution < -0.4 is 0 Å². The largest absolute Gasteiger partial charge is 0.471 e. The highest BCUT2D eigenvalue weighted by Gasteiger charge is 2.37. The van der Waals surface area contributed by atoms with Gasteiger partial charge in [0.05, 0.1) is 0 Å². The predicted octanol–water partition coefficient (Wildman–Crippen LogP) is 0.942. The summed E-state index contributed by atoms with van der Waals surface area (Å²) in [5.74, 6) is 0. The second-order valence-electron chi connectivity index (χ2n) is 2.34. The van der Waals surface area contributed by atoms with Crippen molar-refractivity contribution in [1.29, 1.82) is 0 Å². The lowest BCUT2D eigenvalue weighted by Gasteiger charge is -2.23. The van der Waals surface area contributed by atoms with Crippen LogP contribution in [-0.4, -0.2) is 36.1 Å². The predicted molar refractivity (Wildman–Crippen MR) is 55.2 cm³/mol. The minimum absolute atomic E-state index is 1.43. The molecular formula is C3H7Cl3O8P2. The van der Waals surface area contributed by atoms with Gasteiger partial charge in [-0.25, -0.2) is 9.13 Å². The average Bonchev–Trinajstić information content (AvgIpc) is 1.95. The molecule has 0 aromatic heterocycles. The Balaban J connectivity index is 4.78. The molecule has 8 nitrogen and oxygen atoms in total. The van der Waals surface area contributed by atoms with Crippen LogP contribution in [0.2, 0.25) is 0 Å². The van der Waals surface area contributed by atoms with Crippen molar-refractivity contribution in [2.45, 2.75) is 16.5 Å². The molecule has 0 aliphatic rings. The molecule has 0 saturated carbocycles. The Bertz CT molecular complexity index is 286. The number of alkyl halides is 3. The van der Waals surface area contributed by atoms with Gasteiger partial charge in [-0.05, 0) is 0 Å². The van der Waals surface area contributed by atoms with Gasteiger partial charge in [-0.3, -0.25) is 9.05 Å². The van der Waals surface area contributed by atoms with E-state index in [0.29, 0.717) is 0 Å². The lowest BCUT2D eigenvalue weighted by atomic mass is 10.5. The van der Waals surface area contributed by atoms with E-state index in [4.69, 9.17) is 54.4 Å². The zero-order valence-corrected chi connectivity index (χ0v) is 11.2. The summed E-state index contributed by atoms with van der Waals surface area (Å²) in [6, 6.07) is 0. The molecule has 0 aromatic rings. The minimum atomic E-state index is -5.07. The van der Waals surface area contributed by atoms with Crippen LogP contribution in [0.1, 0.15) is 0 Å². The van der Waals surface area contributed by atoms with E-state index in [1.54, 1.807) is 0 Å². The molecule has 0 aliphatic heterocycles. The van der Waals surface area contributed by atoms with Crippen molar-refractivity contribution in [3.63, 3.8) is 0 Å². The molecule has 0 bridgehead atoms. The van der Waals surface area contributed by atoms with Crippen LogP contribution in [-0.2, 0) is 18.2 Å². The van der Waals surface area contributed by atoms with Crippen LogP contribution in [0.4, 0.5) is 0 Å². The van der Waals surface area contributed by atoms with Gasteiger partial charge in [0, 0.05) is 0 Å². The van der Waals surface area contributed by atoms with E-state index < -0.39 is 32.1 Å². The van der Waals surface area contributed by atoms with Gasteiger partial charge in [-0.1, -0.05) is 0 Å². The summed E-state index contributed by atoms with van der Waals surface area (Å²) in [5, 5.41) is -1.59. The number of phosphoric acid groups is 2. The molecule has 0 fully saturated rings. The second-order valence-corrected chi connectivity index (χ2v) is 6.39. The molecule has 1 atom stereocenters. The second kappa shape index (κ2) is 6.31. The highest BCUT2D eigenvalue weighted by molar-refractivity contribution is 7.47. The summed E-state index contributed by atoms with van der Waals surface area (Å²) in [5.41, 5.74) is 0. The lowest BCUT2D eigenvalue weighted by molar-refractivity contribution is -0.0329. The normalized spacial score (nSPS) is 15.8. The van der Waals surface area contributed by atoms with Crippen molar-refractivity contribution in [1.82, 2.24) is 0 Å². The summed E-state index contributed by atoms with van der Waals surface area (Å²) in [7, 11) is -10.1. The number of hydrogen-bond donors (Lipinski definition) is 4. The zero-order valence-electron chi connectivity index (χ0n) is 7.18. The van der Waals surface area contributed by atoms with E-state index in [0.717, 1.165) is 0 Å².